The molecule has 5 aromatic rings. The smallest absolute Gasteiger partial charge is 0.263 e. The molecule has 0 saturated heterocycles. The van der Waals surface area contributed by atoms with Crippen molar-refractivity contribution in [1.82, 2.24) is 20.1 Å². The molecule has 154 valence electrons. The van der Waals surface area contributed by atoms with Gasteiger partial charge in [0, 0.05) is 18.3 Å². The van der Waals surface area contributed by atoms with E-state index in [-0.39, 0.29) is 11.8 Å². The molecule has 0 unspecified atom stereocenters. The molecule has 1 aliphatic heterocycles. The second-order valence-corrected chi connectivity index (χ2v) is 7.87. The molecule has 6 nitrogen and oxygen atoms in total. The summed E-state index contributed by atoms with van der Waals surface area (Å²) in [7, 11) is 0. The van der Waals surface area contributed by atoms with E-state index in [9.17, 15) is 9.59 Å². The number of imide groups is 1. The van der Waals surface area contributed by atoms with Crippen LogP contribution in [0.15, 0.2) is 79.0 Å². The maximum atomic E-state index is 13.4. The summed E-state index contributed by atoms with van der Waals surface area (Å²) in [5.41, 5.74) is 3.84. The zero-order valence-corrected chi connectivity index (χ0v) is 17.1. The molecule has 32 heavy (non-hydrogen) atoms. The monoisotopic (exact) mass is 418 g/mol. The molecule has 0 saturated carbocycles. The SMILES string of the molecule is O=C1c2cnc3n[nH]c(-c4cccc5ccccc45)c3c2C(=O)N1CCc1ccccc1. The van der Waals surface area contributed by atoms with Crippen molar-refractivity contribution < 1.29 is 9.59 Å². The third-order valence-electron chi connectivity index (χ3n) is 6.04. The second kappa shape index (κ2) is 7.13. The van der Waals surface area contributed by atoms with Gasteiger partial charge in [-0.15, -0.1) is 0 Å². The fourth-order valence-corrected chi connectivity index (χ4v) is 4.47. The Morgan fingerprint density at radius 2 is 1.59 bits per heavy atom. The van der Waals surface area contributed by atoms with Gasteiger partial charge in [0.1, 0.15) is 0 Å². The van der Waals surface area contributed by atoms with Gasteiger partial charge >= 0.3 is 0 Å². The maximum absolute atomic E-state index is 13.4. The zero-order valence-electron chi connectivity index (χ0n) is 17.1. The van der Waals surface area contributed by atoms with Crippen molar-refractivity contribution in [1.29, 1.82) is 0 Å². The number of hydrogen-bond acceptors (Lipinski definition) is 4. The molecule has 6 heteroatoms. The number of fused-ring (bicyclic) bond motifs is 4. The van der Waals surface area contributed by atoms with Crippen LogP contribution in [0, 0.1) is 0 Å². The summed E-state index contributed by atoms with van der Waals surface area (Å²) < 4.78 is 0. The molecule has 0 bridgehead atoms. The van der Waals surface area contributed by atoms with Crippen molar-refractivity contribution in [2.45, 2.75) is 6.42 Å². The Labute approximate surface area is 183 Å². The number of benzene rings is 3. The largest absolute Gasteiger partial charge is 0.275 e. The molecule has 1 N–H and O–H groups in total. The van der Waals surface area contributed by atoms with Crippen LogP contribution in [0.25, 0.3) is 33.1 Å². The number of nitrogens with zero attached hydrogens (tertiary/aromatic N) is 3. The first-order valence-electron chi connectivity index (χ1n) is 10.5. The number of pyridine rings is 1. The van der Waals surface area contributed by atoms with Gasteiger partial charge in [0.05, 0.1) is 22.2 Å². The van der Waals surface area contributed by atoms with E-state index in [4.69, 9.17) is 0 Å². The number of carbonyl (C=O) groups is 2. The molecule has 3 heterocycles. The normalized spacial score (nSPS) is 13.3. The molecule has 6 rings (SSSR count). The Bertz CT molecular complexity index is 1520. The van der Waals surface area contributed by atoms with Gasteiger partial charge in [-0.3, -0.25) is 19.6 Å². The Morgan fingerprint density at radius 3 is 2.47 bits per heavy atom. The third-order valence-corrected chi connectivity index (χ3v) is 6.04. The van der Waals surface area contributed by atoms with Gasteiger partial charge in [-0.2, -0.15) is 5.10 Å². The minimum atomic E-state index is -0.305. The number of carbonyl (C=O) groups excluding carboxylic acids is 2. The second-order valence-electron chi connectivity index (χ2n) is 7.87. The van der Waals surface area contributed by atoms with Crippen LogP contribution in [-0.4, -0.2) is 38.4 Å². The summed E-state index contributed by atoms with van der Waals surface area (Å²) in [4.78, 5) is 32.2. The van der Waals surface area contributed by atoms with E-state index in [0.29, 0.717) is 40.8 Å². The summed E-state index contributed by atoms with van der Waals surface area (Å²) in [6, 6.07) is 23.9. The van der Waals surface area contributed by atoms with Crippen molar-refractivity contribution in [2.24, 2.45) is 0 Å². The van der Waals surface area contributed by atoms with Crippen LogP contribution in [0.2, 0.25) is 0 Å². The zero-order chi connectivity index (χ0) is 21.7. The van der Waals surface area contributed by atoms with Gasteiger partial charge < -0.3 is 0 Å². The highest BCUT2D eigenvalue weighted by Gasteiger charge is 2.38. The molecule has 0 radical (unpaired) electrons. The Kier molecular flexibility index (Phi) is 4.11. The molecule has 3 aromatic carbocycles. The molecule has 0 spiro atoms. The van der Waals surface area contributed by atoms with Gasteiger partial charge in [-0.05, 0) is 22.8 Å². The fraction of sp³-hybridized carbons (Fsp3) is 0.0769. The Balaban J connectivity index is 1.47. The maximum Gasteiger partial charge on any atom is 0.263 e. The van der Waals surface area contributed by atoms with Crippen LogP contribution >= 0.6 is 0 Å². The van der Waals surface area contributed by atoms with Gasteiger partial charge in [0.2, 0.25) is 0 Å². The van der Waals surface area contributed by atoms with Crippen molar-refractivity contribution in [3.63, 3.8) is 0 Å². The molecular weight excluding hydrogens is 400 g/mol. The number of nitrogens with one attached hydrogen (secondary N) is 1. The van der Waals surface area contributed by atoms with Gasteiger partial charge in [-0.25, -0.2) is 4.98 Å². The fourth-order valence-electron chi connectivity index (χ4n) is 4.47. The lowest BCUT2D eigenvalue weighted by Crippen LogP contribution is -2.31. The number of hydrogen-bond donors (Lipinski definition) is 1. The topological polar surface area (TPSA) is 79.0 Å². The molecule has 0 atom stereocenters. The first kappa shape index (κ1) is 18.4. The number of H-pyrrole nitrogens is 1. The van der Waals surface area contributed by atoms with Crippen molar-refractivity contribution >= 4 is 33.6 Å². The Morgan fingerprint density at radius 1 is 0.812 bits per heavy atom. The predicted molar refractivity (Wildman–Crippen MR) is 122 cm³/mol. The van der Waals surface area contributed by atoms with E-state index in [1.807, 2.05) is 72.8 Å². The van der Waals surface area contributed by atoms with Crippen LogP contribution in [0.4, 0.5) is 0 Å². The van der Waals surface area contributed by atoms with E-state index in [0.717, 1.165) is 21.9 Å². The highest BCUT2D eigenvalue weighted by atomic mass is 16.2. The van der Waals surface area contributed by atoms with Crippen LogP contribution in [0.1, 0.15) is 26.3 Å². The van der Waals surface area contributed by atoms with Crippen LogP contribution in [0.3, 0.4) is 0 Å². The van der Waals surface area contributed by atoms with Crippen molar-refractivity contribution in [3.8, 4) is 11.3 Å². The highest BCUT2D eigenvalue weighted by molar-refractivity contribution is 6.27. The minimum Gasteiger partial charge on any atom is -0.275 e. The van der Waals surface area contributed by atoms with E-state index in [1.54, 1.807) is 0 Å². The summed E-state index contributed by atoms with van der Waals surface area (Å²) >= 11 is 0. The molecular formula is C26H18N4O2. The van der Waals surface area contributed by atoms with Crippen LogP contribution in [-0.2, 0) is 6.42 Å². The lowest BCUT2D eigenvalue weighted by molar-refractivity contribution is 0.0656. The average Bonchev–Trinajstić information content (AvgIpc) is 3.37. The van der Waals surface area contributed by atoms with Gasteiger partial charge in [-0.1, -0.05) is 72.8 Å². The highest BCUT2D eigenvalue weighted by Crippen LogP contribution is 2.37. The number of amides is 2. The van der Waals surface area contributed by atoms with Crippen LogP contribution in [0.5, 0.6) is 0 Å². The minimum absolute atomic E-state index is 0.295. The summed E-state index contributed by atoms with van der Waals surface area (Å²) in [5, 5.41) is 10.1. The summed E-state index contributed by atoms with van der Waals surface area (Å²) in [6.45, 7) is 0.319. The molecule has 0 aliphatic carbocycles. The molecule has 2 aromatic heterocycles. The van der Waals surface area contributed by atoms with Crippen molar-refractivity contribution in [2.75, 3.05) is 6.54 Å². The third kappa shape index (κ3) is 2.73. The number of aromatic nitrogens is 3. The Hall–Kier alpha value is -4.32. The number of aromatic amines is 1. The van der Waals surface area contributed by atoms with Crippen molar-refractivity contribution in [3.05, 3.63) is 95.7 Å². The summed E-state index contributed by atoms with van der Waals surface area (Å²) in [5.74, 6) is -0.600. The first-order valence-corrected chi connectivity index (χ1v) is 10.5. The quantitative estimate of drug-likeness (QED) is 0.432. The first-order chi connectivity index (χ1) is 15.7. The van der Waals surface area contributed by atoms with E-state index >= 15 is 0 Å². The lowest BCUT2D eigenvalue weighted by atomic mass is 9.98. The average molecular weight is 418 g/mol. The number of rotatable bonds is 4. The lowest BCUT2D eigenvalue weighted by Gasteiger charge is -2.13. The molecule has 1 aliphatic rings. The summed E-state index contributed by atoms with van der Waals surface area (Å²) in [6.07, 6.45) is 2.07. The van der Waals surface area contributed by atoms with E-state index in [1.165, 1.54) is 11.1 Å². The van der Waals surface area contributed by atoms with Gasteiger partial charge in [0.25, 0.3) is 11.8 Å². The van der Waals surface area contributed by atoms with E-state index in [2.05, 4.69) is 15.2 Å². The van der Waals surface area contributed by atoms with E-state index < -0.39 is 0 Å². The molecule has 2 amide bonds. The van der Waals surface area contributed by atoms with Crippen LogP contribution < -0.4 is 0 Å². The molecule has 0 fully saturated rings. The van der Waals surface area contributed by atoms with Gasteiger partial charge in [0.15, 0.2) is 5.65 Å². The predicted octanol–water partition coefficient (Wildman–Crippen LogP) is 4.62. The standard InChI is InChI=1S/C26H18N4O2/c31-25-20-15-27-24-22(21(20)26(32)30(25)14-13-16-7-2-1-3-8-16)23(28-29-24)19-12-6-10-17-9-4-5-11-18(17)19/h1-12,15H,13-14H2,(H,27,28,29).